The number of pyridine rings is 1. The molecule has 1 aromatic carbocycles. The second kappa shape index (κ2) is 4.90. The zero-order chi connectivity index (χ0) is 11.4. The summed E-state index contributed by atoms with van der Waals surface area (Å²) in [5.41, 5.74) is 6.18. The van der Waals surface area contributed by atoms with Gasteiger partial charge < -0.3 is 10.5 Å². The van der Waals surface area contributed by atoms with Crippen molar-refractivity contribution in [2.45, 2.75) is 4.90 Å². The summed E-state index contributed by atoms with van der Waals surface area (Å²) < 4.78 is 5.67. The lowest BCUT2D eigenvalue weighted by Gasteiger charge is -2.08. The summed E-state index contributed by atoms with van der Waals surface area (Å²) in [4.78, 5) is 5.18. The van der Waals surface area contributed by atoms with Gasteiger partial charge in [0.05, 0.1) is 11.9 Å². The van der Waals surface area contributed by atoms with E-state index < -0.39 is 0 Å². The Balaban J connectivity index is 2.23. The number of hydrogen-bond donors (Lipinski definition) is 1. The number of para-hydroxylation sites is 1. The summed E-state index contributed by atoms with van der Waals surface area (Å²) >= 11 is 1.64. The van der Waals surface area contributed by atoms with Crippen LogP contribution < -0.4 is 10.5 Å². The predicted octanol–water partition coefficient (Wildman–Crippen LogP) is 3.18. The topological polar surface area (TPSA) is 48.1 Å². The SMILES string of the molecule is CSc1ccccc1Oc1ccc(N)cn1. The van der Waals surface area contributed by atoms with Gasteiger partial charge in [-0.1, -0.05) is 12.1 Å². The van der Waals surface area contributed by atoms with E-state index in [9.17, 15) is 0 Å². The molecule has 0 fully saturated rings. The zero-order valence-electron chi connectivity index (χ0n) is 8.88. The first-order valence-corrected chi connectivity index (χ1v) is 6.04. The van der Waals surface area contributed by atoms with Crippen LogP contribution in [0.4, 0.5) is 5.69 Å². The number of aromatic nitrogens is 1. The first-order valence-electron chi connectivity index (χ1n) is 4.82. The predicted molar refractivity (Wildman–Crippen MR) is 66.9 cm³/mol. The van der Waals surface area contributed by atoms with Crippen LogP contribution in [-0.2, 0) is 0 Å². The average molecular weight is 232 g/mol. The maximum atomic E-state index is 5.67. The van der Waals surface area contributed by atoms with Crippen molar-refractivity contribution >= 4 is 17.4 Å². The third-order valence-electron chi connectivity index (χ3n) is 2.04. The first kappa shape index (κ1) is 10.8. The molecule has 82 valence electrons. The minimum atomic E-state index is 0.552. The molecule has 2 rings (SSSR count). The van der Waals surface area contributed by atoms with Crippen LogP contribution in [0, 0.1) is 0 Å². The third-order valence-corrected chi connectivity index (χ3v) is 2.82. The van der Waals surface area contributed by atoms with E-state index in [0.717, 1.165) is 10.6 Å². The summed E-state index contributed by atoms with van der Waals surface area (Å²) in [6, 6.07) is 11.4. The molecule has 0 atom stereocenters. The Labute approximate surface area is 98.6 Å². The van der Waals surface area contributed by atoms with Crippen molar-refractivity contribution in [3.8, 4) is 11.6 Å². The minimum Gasteiger partial charge on any atom is -0.438 e. The number of ether oxygens (including phenoxy) is 1. The summed E-state index contributed by atoms with van der Waals surface area (Å²) in [7, 11) is 0. The van der Waals surface area contributed by atoms with Gasteiger partial charge in [0, 0.05) is 11.0 Å². The molecule has 2 aromatic rings. The fourth-order valence-corrected chi connectivity index (χ4v) is 1.79. The van der Waals surface area contributed by atoms with E-state index in [1.807, 2.05) is 30.5 Å². The second-order valence-electron chi connectivity index (χ2n) is 3.18. The fraction of sp³-hybridized carbons (Fsp3) is 0.0833. The molecular formula is C12H12N2OS. The molecular weight excluding hydrogens is 220 g/mol. The van der Waals surface area contributed by atoms with Crippen molar-refractivity contribution in [3.05, 3.63) is 42.6 Å². The van der Waals surface area contributed by atoms with Crippen molar-refractivity contribution in [1.29, 1.82) is 0 Å². The molecule has 0 aliphatic rings. The molecule has 16 heavy (non-hydrogen) atoms. The normalized spacial score (nSPS) is 10.1. The van der Waals surface area contributed by atoms with Crippen molar-refractivity contribution in [1.82, 2.24) is 4.98 Å². The van der Waals surface area contributed by atoms with Crippen LogP contribution in [0.5, 0.6) is 11.6 Å². The van der Waals surface area contributed by atoms with E-state index in [2.05, 4.69) is 4.98 Å². The van der Waals surface area contributed by atoms with E-state index >= 15 is 0 Å². The van der Waals surface area contributed by atoms with E-state index in [1.54, 1.807) is 30.1 Å². The highest BCUT2D eigenvalue weighted by Gasteiger charge is 2.03. The number of nitrogens with zero attached hydrogens (tertiary/aromatic N) is 1. The largest absolute Gasteiger partial charge is 0.438 e. The van der Waals surface area contributed by atoms with Crippen LogP contribution in [0.1, 0.15) is 0 Å². The highest BCUT2D eigenvalue weighted by Crippen LogP contribution is 2.30. The maximum absolute atomic E-state index is 5.67. The molecule has 0 amide bonds. The molecule has 0 aliphatic heterocycles. The summed E-state index contributed by atoms with van der Waals surface area (Å²) in [6.07, 6.45) is 3.59. The molecule has 4 heteroatoms. The lowest BCUT2D eigenvalue weighted by molar-refractivity contribution is 0.452. The second-order valence-corrected chi connectivity index (χ2v) is 4.03. The molecule has 0 aliphatic carbocycles. The van der Waals surface area contributed by atoms with Crippen LogP contribution in [0.15, 0.2) is 47.5 Å². The Bertz CT molecular complexity index is 471. The minimum absolute atomic E-state index is 0.552. The summed E-state index contributed by atoms with van der Waals surface area (Å²) in [5, 5.41) is 0. The van der Waals surface area contributed by atoms with E-state index in [-0.39, 0.29) is 0 Å². The Hall–Kier alpha value is -1.68. The van der Waals surface area contributed by atoms with E-state index in [4.69, 9.17) is 10.5 Å². The standard InChI is InChI=1S/C12H12N2OS/c1-16-11-5-3-2-4-10(11)15-12-7-6-9(13)8-14-12/h2-8H,13H2,1H3. The van der Waals surface area contributed by atoms with Gasteiger partial charge >= 0.3 is 0 Å². The lowest BCUT2D eigenvalue weighted by Crippen LogP contribution is -1.91. The number of thioether (sulfide) groups is 1. The molecule has 0 spiro atoms. The molecule has 3 nitrogen and oxygen atoms in total. The Morgan fingerprint density at radius 1 is 1.19 bits per heavy atom. The Kier molecular flexibility index (Phi) is 3.31. The van der Waals surface area contributed by atoms with Crippen LogP contribution in [-0.4, -0.2) is 11.2 Å². The molecule has 0 radical (unpaired) electrons. The van der Waals surface area contributed by atoms with Crippen LogP contribution >= 0.6 is 11.8 Å². The van der Waals surface area contributed by atoms with Gasteiger partial charge in [-0.05, 0) is 24.5 Å². The smallest absolute Gasteiger partial charge is 0.219 e. The molecule has 0 bridgehead atoms. The van der Waals surface area contributed by atoms with Gasteiger partial charge in [-0.2, -0.15) is 0 Å². The van der Waals surface area contributed by atoms with Gasteiger partial charge in [-0.15, -0.1) is 11.8 Å². The average Bonchev–Trinajstić information content (AvgIpc) is 2.33. The van der Waals surface area contributed by atoms with Gasteiger partial charge in [0.15, 0.2) is 0 Å². The Morgan fingerprint density at radius 3 is 2.69 bits per heavy atom. The third kappa shape index (κ3) is 2.46. The molecule has 0 saturated heterocycles. The van der Waals surface area contributed by atoms with Crippen molar-refractivity contribution < 1.29 is 4.74 Å². The first-order chi connectivity index (χ1) is 7.79. The maximum Gasteiger partial charge on any atom is 0.219 e. The summed E-state index contributed by atoms with van der Waals surface area (Å²) in [5.74, 6) is 1.36. The van der Waals surface area contributed by atoms with Crippen molar-refractivity contribution in [2.24, 2.45) is 0 Å². The lowest BCUT2D eigenvalue weighted by atomic mass is 10.3. The molecule has 0 unspecified atom stereocenters. The van der Waals surface area contributed by atoms with Gasteiger partial charge in [-0.25, -0.2) is 4.98 Å². The van der Waals surface area contributed by atoms with Gasteiger partial charge in [-0.3, -0.25) is 0 Å². The number of nitrogen functional groups attached to an aromatic ring is 1. The quantitative estimate of drug-likeness (QED) is 0.826. The monoisotopic (exact) mass is 232 g/mol. The molecule has 0 saturated carbocycles. The van der Waals surface area contributed by atoms with Crippen LogP contribution in [0.2, 0.25) is 0 Å². The number of hydrogen-bond acceptors (Lipinski definition) is 4. The van der Waals surface area contributed by atoms with E-state index in [0.29, 0.717) is 11.6 Å². The highest BCUT2D eigenvalue weighted by atomic mass is 32.2. The summed E-state index contributed by atoms with van der Waals surface area (Å²) in [6.45, 7) is 0. The zero-order valence-corrected chi connectivity index (χ0v) is 9.70. The van der Waals surface area contributed by atoms with Crippen molar-refractivity contribution in [3.63, 3.8) is 0 Å². The number of benzene rings is 1. The fourth-order valence-electron chi connectivity index (χ4n) is 1.27. The number of nitrogens with two attached hydrogens (primary N) is 1. The van der Waals surface area contributed by atoms with Crippen LogP contribution in [0.3, 0.4) is 0 Å². The molecule has 1 heterocycles. The number of rotatable bonds is 3. The van der Waals surface area contributed by atoms with Crippen LogP contribution in [0.25, 0.3) is 0 Å². The Morgan fingerprint density at radius 2 is 2.00 bits per heavy atom. The molecule has 1 aromatic heterocycles. The van der Waals surface area contributed by atoms with Crippen molar-refractivity contribution in [2.75, 3.05) is 12.0 Å². The molecule has 2 N–H and O–H groups in total. The number of anilines is 1. The van der Waals surface area contributed by atoms with Gasteiger partial charge in [0.2, 0.25) is 5.88 Å². The van der Waals surface area contributed by atoms with E-state index in [1.165, 1.54) is 0 Å². The highest BCUT2D eigenvalue weighted by molar-refractivity contribution is 7.98. The van der Waals surface area contributed by atoms with Gasteiger partial charge in [0.1, 0.15) is 5.75 Å². The van der Waals surface area contributed by atoms with Gasteiger partial charge in [0.25, 0.3) is 0 Å².